The van der Waals surface area contributed by atoms with Crippen LogP contribution in [0.15, 0.2) is 66.3 Å². The summed E-state index contributed by atoms with van der Waals surface area (Å²) in [5.41, 5.74) is 2.28. The summed E-state index contributed by atoms with van der Waals surface area (Å²) in [6.45, 7) is 0.382. The van der Waals surface area contributed by atoms with E-state index in [4.69, 9.17) is 16.3 Å². The van der Waals surface area contributed by atoms with Gasteiger partial charge in [0, 0.05) is 36.1 Å². The molecule has 0 aliphatic rings. The molecule has 8 heteroatoms. The molecule has 2 aromatic carbocycles. The van der Waals surface area contributed by atoms with Gasteiger partial charge in [0.1, 0.15) is 23.2 Å². The number of aryl methyl sites for hydroxylation is 1. The molecule has 0 saturated heterocycles. The molecule has 0 atom stereocenters. The highest BCUT2D eigenvalue weighted by atomic mass is 35.5. The maximum atomic E-state index is 12.4. The predicted molar refractivity (Wildman–Crippen MR) is 119 cm³/mol. The Balaban J connectivity index is 1.32. The molecule has 4 rings (SSSR count). The van der Waals surface area contributed by atoms with Crippen LogP contribution in [0.2, 0.25) is 5.02 Å². The first-order valence-corrected chi connectivity index (χ1v) is 10.5. The molecular formula is C22H19ClN4O2S. The number of carbonyl (C=O) groups is 1. The number of imidazole rings is 1. The number of thiazole rings is 1. The Morgan fingerprint density at radius 1 is 1.20 bits per heavy atom. The monoisotopic (exact) mass is 438 g/mol. The predicted octanol–water partition coefficient (Wildman–Crippen LogP) is 4.96. The van der Waals surface area contributed by atoms with E-state index in [-0.39, 0.29) is 12.3 Å². The lowest BCUT2D eigenvalue weighted by Crippen LogP contribution is -2.14. The molecule has 2 heterocycles. The van der Waals surface area contributed by atoms with Crippen molar-refractivity contribution in [3.63, 3.8) is 0 Å². The third-order valence-electron chi connectivity index (χ3n) is 4.42. The van der Waals surface area contributed by atoms with Crippen LogP contribution >= 0.6 is 22.9 Å². The van der Waals surface area contributed by atoms with Crippen LogP contribution in [0.1, 0.15) is 11.5 Å². The molecule has 6 nitrogen and oxygen atoms in total. The number of hydrogen-bond donors (Lipinski definition) is 1. The molecule has 30 heavy (non-hydrogen) atoms. The molecule has 4 aromatic rings. The number of benzene rings is 2. The average Bonchev–Trinajstić information content (AvgIpc) is 3.36. The van der Waals surface area contributed by atoms with E-state index in [2.05, 4.69) is 15.3 Å². The van der Waals surface area contributed by atoms with Gasteiger partial charge in [-0.1, -0.05) is 29.8 Å². The Bertz CT molecular complexity index is 1150. The first kappa shape index (κ1) is 20.1. The Labute approximate surface area is 183 Å². The number of ether oxygens (including phenoxy) is 1. The van der Waals surface area contributed by atoms with E-state index in [0.29, 0.717) is 28.8 Å². The topological polar surface area (TPSA) is 69.0 Å². The number of amides is 1. The van der Waals surface area contributed by atoms with Crippen LogP contribution in [0.5, 0.6) is 5.75 Å². The van der Waals surface area contributed by atoms with E-state index in [1.165, 1.54) is 11.3 Å². The van der Waals surface area contributed by atoms with Gasteiger partial charge >= 0.3 is 0 Å². The molecule has 2 aromatic heterocycles. The van der Waals surface area contributed by atoms with E-state index >= 15 is 0 Å². The molecule has 1 N–H and O–H groups in total. The Hall–Kier alpha value is -3.16. The van der Waals surface area contributed by atoms with Crippen molar-refractivity contribution in [1.82, 2.24) is 14.5 Å². The molecular weight excluding hydrogens is 420 g/mol. The zero-order valence-corrected chi connectivity index (χ0v) is 17.8. The molecule has 0 fully saturated rings. The summed E-state index contributed by atoms with van der Waals surface area (Å²) in [5, 5.41) is 6.22. The lowest BCUT2D eigenvalue weighted by atomic mass is 10.2. The number of carbonyl (C=O) groups excluding carboxylic acids is 1. The van der Waals surface area contributed by atoms with Crippen LogP contribution in [0.25, 0.3) is 10.6 Å². The van der Waals surface area contributed by atoms with Crippen LogP contribution in [0, 0.1) is 0 Å². The van der Waals surface area contributed by atoms with E-state index in [1.807, 2.05) is 71.7 Å². The van der Waals surface area contributed by atoms with Crippen LogP contribution in [0.3, 0.4) is 0 Å². The second kappa shape index (κ2) is 9.11. The van der Waals surface area contributed by atoms with Gasteiger partial charge in [-0.2, -0.15) is 0 Å². The van der Waals surface area contributed by atoms with Crippen molar-refractivity contribution in [3.8, 4) is 16.3 Å². The van der Waals surface area contributed by atoms with Gasteiger partial charge in [-0.05, 0) is 30.3 Å². The minimum absolute atomic E-state index is 0.132. The van der Waals surface area contributed by atoms with Gasteiger partial charge in [0.2, 0.25) is 5.91 Å². The van der Waals surface area contributed by atoms with Gasteiger partial charge in [0.25, 0.3) is 0 Å². The zero-order valence-electron chi connectivity index (χ0n) is 16.2. The quantitative estimate of drug-likeness (QED) is 0.443. The highest BCUT2D eigenvalue weighted by molar-refractivity contribution is 7.13. The van der Waals surface area contributed by atoms with Gasteiger partial charge in [-0.3, -0.25) is 4.79 Å². The molecule has 0 radical (unpaired) electrons. The Morgan fingerprint density at radius 2 is 2.00 bits per heavy atom. The molecule has 0 aliphatic carbocycles. The summed E-state index contributed by atoms with van der Waals surface area (Å²) in [6.07, 6.45) is 3.80. The smallest absolute Gasteiger partial charge is 0.230 e. The number of nitrogens with one attached hydrogen (secondary N) is 1. The molecule has 0 bridgehead atoms. The SMILES string of the molecule is Cn1ccnc1COc1ccc(NC(=O)Cc2csc(-c3ccccc3Cl)n2)cc1. The van der Waals surface area contributed by atoms with Crippen molar-refractivity contribution < 1.29 is 9.53 Å². The number of hydrogen-bond acceptors (Lipinski definition) is 5. The molecule has 1 amide bonds. The largest absolute Gasteiger partial charge is 0.486 e. The van der Waals surface area contributed by atoms with Crippen molar-refractivity contribution in [2.75, 3.05) is 5.32 Å². The van der Waals surface area contributed by atoms with Crippen LogP contribution in [-0.4, -0.2) is 20.4 Å². The first-order valence-electron chi connectivity index (χ1n) is 9.27. The summed E-state index contributed by atoms with van der Waals surface area (Å²) in [4.78, 5) is 21.1. The molecule has 0 aliphatic heterocycles. The minimum atomic E-state index is -0.132. The second-order valence-electron chi connectivity index (χ2n) is 6.62. The lowest BCUT2D eigenvalue weighted by Gasteiger charge is -2.08. The maximum absolute atomic E-state index is 12.4. The Morgan fingerprint density at radius 3 is 2.73 bits per heavy atom. The maximum Gasteiger partial charge on any atom is 0.230 e. The highest BCUT2D eigenvalue weighted by Gasteiger charge is 2.11. The standard InChI is InChI=1S/C22H19ClN4O2S/c1-27-11-10-24-20(27)13-29-17-8-6-15(7-9-17)25-21(28)12-16-14-30-22(26-16)18-4-2-3-5-19(18)23/h2-11,14H,12-13H2,1H3,(H,25,28). The van der Waals surface area contributed by atoms with E-state index < -0.39 is 0 Å². The summed E-state index contributed by atoms with van der Waals surface area (Å²) < 4.78 is 7.63. The third-order valence-corrected chi connectivity index (χ3v) is 5.68. The summed E-state index contributed by atoms with van der Waals surface area (Å²) in [5.74, 6) is 1.42. The normalized spacial score (nSPS) is 10.7. The van der Waals surface area contributed by atoms with Gasteiger partial charge in [-0.25, -0.2) is 9.97 Å². The lowest BCUT2D eigenvalue weighted by molar-refractivity contribution is -0.115. The van der Waals surface area contributed by atoms with Crippen LogP contribution in [-0.2, 0) is 24.9 Å². The first-order chi connectivity index (χ1) is 14.6. The van der Waals surface area contributed by atoms with Gasteiger partial charge < -0.3 is 14.6 Å². The summed E-state index contributed by atoms with van der Waals surface area (Å²) >= 11 is 7.70. The number of rotatable bonds is 7. The van der Waals surface area contributed by atoms with Crippen LogP contribution in [0.4, 0.5) is 5.69 Å². The summed E-state index contributed by atoms with van der Waals surface area (Å²) in [7, 11) is 1.92. The van der Waals surface area contributed by atoms with E-state index in [1.54, 1.807) is 6.20 Å². The number of anilines is 1. The van der Waals surface area contributed by atoms with Crippen molar-refractivity contribution in [2.45, 2.75) is 13.0 Å². The van der Waals surface area contributed by atoms with E-state index in [0.717, 1.165) is 16.4 Å². The van der Waals surface area contributed by atoms with Gasteiger partial charge in [-0.15, -0.1) is 11.3 Å². The minimum Gasteiger partial charge on any atom is -0.486 e. The average molecular weight is 439 g/mol. The van der Waals surface area contributed by atoms with E-state index in [9.17, 15) is 4.79 Å². The van der Waals surface area contributed by atoms with Crippen molar-refractivity contribution in [3.05, 3.63) is 82.8 Å². The number of aromatic nitrogens is 3. The summed E-state index contributed by atoms with van der Waals surface area (Å²) in [6, 6.07) is 14.8. The molecule has 152 valence electrons. The highest BCUT2D eigenvalue weighted by Crippen LogP contribution is 2.30. The number of halogens is 1. The van der Waals surface area contributed by atoms with Crippen molar-refractivity contribution in [1.29, 1.82) is 0 Å². The van der Waals surface area contributed by atoms with Gasteiger partial charge in [0.15, 0.2) is 0 Å². The number of nitrogens with zero attached hydrogens (tertiary/aromatic N) is 3. The van der Waals surface area contributed by atoms with Crippen molar-refractivity contribution >= 4 is 34.5 Å². The fourth-order valence-electron chi connectivity index (χ4n) is 2.83. The fraction of sp³-hybridized carbons (Fsp3) is 0.136. The second-order valence-corrected chi connectivity index (χ2v) is 7.88. The third kappa shape index (κ3) is 4.87. The fourth-order valence-corrected chi connectivity index (χ4v) is 3.97. The molecule has 0 unspecified atom stereocenters. The Kier molecular flexibility index (Phi) is 6.11. The molecule has 0 spiro atoms. The van der Waals surface area contributed by atoms with Gasteiger partial charge in [0.05, 0.1) is 17.1 Å². The van der Waals surface area contributed by atoms with Crippen molar-refractivity contribution in [2.24, 2.45) is 7.05 Å². The van der Waals surface area contributed by atoms with Crippen LogP contribution < -0.4 is 10.1 Å². The zero-order chi connectivity index (χ0) is 20.9. The molecule has 0 saturated carbocycles.